The van der Waals surface area contributed by atoms with Gasteiger partial charge in [-0.3, -0.25) is 9.59 Å². The molecule has 6 nitrogen and oxygen atoms in total. The number of hydrazone groups is 1. The van der Waals surface area contributed by atoms with Crippen molar-refractivity contribution >= 4 is 45.7 Å². The second kappa shape index (κ2) is 12.5. The normalized spacial score (nSPS) is 11.3. The Hall–Kier alpha value is -3.71. The second-order valence-corrected chi connectivity index (χ2v) is 8.31. The summed E-state index contributed by atoms with van der Waals surface area (Å²) in [4.78, 5) is 27.9. The van der Waals surface area contributed by atoms with Crippen LogP contribution in [0.15, 0.2) is 94.1 Å². The van der Waals surface area contributed by atoms with Crippen molar-refractivity contribution < 1.29 is 9.59 Å². The maximum absolute atomic E-state index is 12.9. The lowest BCUT2D eigenvalue weighted by Gasteiger charge is -2.20. The number of rotatable bonds is 9. The van der Waals surface area contributed by atoms with Gasteiger partial charge in [-0.1, -0.05) is 58.4 Å². The molecular formula is C27H27BrN4O2. The summed E-state index contributed by atoms with van der Waals surface area (Å²) in [7, 11) is 0. The van der Waals surface area contributed by atoms with Gasteiger partial charge in [0.05, 0.1) is 6.21 Å². The molecule has 0 spiro atoms. The van der Waals surface area contributed by atoms with Crippen molar-refractivity contribution in [2.75, 3.05) is 18.0 Å². The number of nitrogens with one attached hydrogen (secondary N) is 2. The number of halogens is 1. The molecule has 0 fully saturated rings. The fourth-order valence-electron chi connectivity index (χ4n) is 3.25. The van der Waals surface area contributed by atoms with Gasteiger partial charge in [0.1, 0.15) is 5.70 Å². The molecule has 34 heavy (non-hydrogen) atoms. The molecule has 0 heterocycles. The van der Waals surface area contributed by atoms with Crippen molar-refractivity contribution in [1.29, 1.82) is 0 Å². The maximum Gasteiger partial charge on any atom is 0.287 e. The van der Waals surface area contributed by atoms with Crippen molar-refractivity contribution in [1.82, 2.24) is 10.7 Å². The van der Waals surface area contributed by atoms with E-state index in [0.717, 1.165) is 34.4 Å². The van der Waals surface area contributed by atoms with E-state index in [1.165, 1.54) is 0 Å². The monoisotopic (exact) mass is 518 g/mol. The molecule has 0 saturated carbocycles. The van der Waals surface area contributed by atoms with Crippen molar-refractivity contribution in [3.63, 3.8) is 0 Å². The largest absolute Gasteiger partial charge is 0.372 e. The molecule has 0 bridgehead atoms. The minimum Gasteiger partial charge on any atom is -0.372 e. The standard InChI is InChI=1S/C27H27BrN4O2/c1-3-32(4-2)24-16-12-20(13-17-24)18-25(30-26(33)22-8-6-5-7-9-22)27(34)31-29-19-21-10-14-23(28)15-11-21/h5-19H,3-4H2,1-2H3,(H,30,33)(H,31,34)/b25-18+,29-19?. The van der Waals surface area contributed by atoms with E-state index in [0.29, 0.717) is 5.56 Å². The Morgan fingerprint density at radius 3 is 2.12 bits per heavy atom. The van der Waals surface area contributed by atoms with Crippen molar-refractivity contribution in [2.45, 2.75) is 13.8 Å². The zero-order valence-electron chi connectivity index (χ0n) is 19.2. The molecule has 0 atom stereocenters. The number of carbonyl (C=O) groups excluding carboxylic acids is 2. The fourth-order valence-corrected chi connectivity index (χ4v) is 3.52. The van der Waals surface area contributed by atoms with E-state index in [4.69, 9.17) is 0 Å². The minimum absolute atomic E-state index is 0.0948. The summed E-state index contributed by atoms with van der Waals surface area (Å²) in [5.74, 6) is -0.899. The summed E-state index contributed by atoms with van der Waals surface area (Å²) >= 11 is 3.39. The predicted octanol–water partition coefficient (Wildman–Crippen LogP) is 5.22. The highest BCUT2D eigenvalue weighted by Crippen LogP contribution is 2.17. The Labute approximate surface area is 208 Å². The SMILES string of the molecule is CCN(CC)c1ccc(/C=C(/NC(=O)c2ccccc2)C(=O)NN=Cc2ccc(Br)cc2)cc1. The molecule has 0 unspecified atom stereocenters. The van der Waals surface area contributed by atoms with Gasteiger partial charge in [-0.2, -0.15) is 5.10 Å². The lowest BCUT2D eigenvalue weighted by Crippen LogP contribution is -2.32. The quantitative estimate of drug-likeness (QED) is 0.232. The van der Waals surface area contributed by atoms with Crippen LogP contribution in [0.2, 0.25) is 0 Å². The summed E-state index contributed by atoms with van der Waals surface area (Å²) in [6.07, 6.45) is 3.18. The molecule has 0 aliphatic rings. The van der Waals surface area contributed by atoms with Crippen molar-refractivity contribution in [2.24, 2.45) is 5.10 Å². The Bertz CT molecular complexity index is 1150. The van der Waals surface area contributed by atoms with E-state index >= 15 is 0 Å². The van der Waals surface area contributed by atoms with E-state index in [2.05, 4.69) is 50.5 Å². The molecule has 0 aromatic heterocycles. The number of benzene rings is 3. The van der Waals surface area contributed by atoms with Gasteiger partial charge >= 0.3 is 0 Å². The first-order valence-electron chi connectivity index (χ1n) is 11.0. The van der Waals surface area contributed by atoms with Gasteiger partial charge in [-0.15, -0.1) is 0 Å². The summed E-state index contributed by atoms with van der Waals surface area (Å²) in [6.45, 7) is 6.02. The summed E-state index contributed by atoms with van der Waals surface area (Å²) in [5, 5.41) is 6.75. The third-order valence-electron chi connectivity index (χ3n) is 5.11. The summed E-state index contributed by atoms with van der Waals surface area (Å²) < 4.78 is 0.953. The van der Waals surface area contributed by atoms with Crippen LogP contribution in [0.4, 0.5) is 5.69 Å². The average Bonchev–Trinajstić information content (AvgIpc) is 2.87. The number of anilines is 1. The van der Waals surface area contributed by atoms with Gasteiger partial charge in [0, 0.05) is 28.8 Å². The number of hydrogen-bond donors (Lipinski definition) is 2. The van der Waals surface area contributed by atoms with Crippen LogP contribution in [0.1, 0.15) is 35.3 Å². The first-order chi connectivity index (χ1) is 16.5. The number of carbonyl (C=O) groups is 2. The topological polar surface area (TPSA) is 73.8 Å². The molecule has 0 radical (unpaired) electrons. The van der Waals surface area contributed by atoms with Crippen LogP contribution in [0.3, 0.4) is 0 Å². The molecule has 2 N–H and O–H groups in total. The Morgan fingerprint density at radius 2 is 1.50 bits per heavy atom. The van der Waals surface area contributed by atoms with E-state index < -0.39 is 5.91 Å². The van der Waals surface area contributed by atoms with Gasteiger partial charge in [-0.25, -0.2) is 5.43 Å². The summed E-state index contributed by atoms with van der Waals surface area (Å²) in [5.41, 5.74) is 5.76. The Balaban J connectivity index is 1.81. The first-order valence-corrected chi connectivity index (χ1v) is 11.8. The van der Waals surface area contributed by atoms with Crippen LogP contribution in [-0.4, -0.2) is 31.1 Å². The lowest BCUT2D eigenvalue weighted by atomic mass is 10.1. The van der Waals surface area contributed by atoms with Gasteiger partial charge in [0.25, 0.3) is 11.8 Å². The third kappa shape index (κ3) is 7.15. The zero-order valence-corrected chi connectivity index (χ0v) is 20.7. The minimum atomic E-state index is -0.523. The number of nitrogens with zero attached hydrogens (tertiary/aromatic N) is 2. The lowest BCUT2D eigenvalue weighted by molar-refractivity contribution is -0.117. The molecular weight excluding hydrogens is 492 g/mol. The molecule has 0 saturated heterocycles. The molecule has 3 aromatic rings. The van der Waals surface area contributed by atoms with E-state index in [1.54, 1.807) is 36.6 Å². The van der Waals surface area contributed by atoms with E-state index in [1.807, 2.05) is 54.6 Å². The molecule has 2 amide bonds. The van der Waals surface area contributed by atoms with Crippen molar-refractivity contribution in [3.05, 3.63) is 106 Å². The third-order valence-corrected chi connectivity index (χ3v) is 5.64. The number of amides is 2. The van der Waals surface area contributed by atoms with E-state index in [-0.39, 0.29) is 11.6 Å². The van der Waals surface area contributed by atoms with Gasteiger partial charge in [-0.05, 0) is 67.4 Å². The van der Waals surface area contributed by atoms with E-state index in [9.17, 15) is 9.59 Å². The van der Waals surface area contributed by atoms with Crippen LogP contribution >= 0.6 is 15.9 Å². The van der Waals surface area contributed by atoms with Crippen LogP contribution in [0.25, 0.3) is 6.08 Å². The highest BCUT2D eigenvalue weighted by atomic mass is 79.9. The Kier molecular flexibility index (Phi) is 9.17. The van der Waals surface area contributed by atoms with Gasteiger partial charge in [0.15, 0.2) is 0 Å². The van der Waals surface area contributed by atoms with Gasteiger partial charge in [0.2, 0.25) is 0 Å². The number of hydrogen-bond acceptors (Lipinski definition) is 4. The maximum atomic E-state index is 12.9. The average molecular weight is 519 g/mol. The fraction of sp³-hybridized carbons (Fsp3) is 0.148. The molecule has 0 aliphatic heterocycles. The predicted molar refractivity (Wildman–Crippen MR) is 142 cm³/mol. The second-order valence-electron chi connectivity index (χ2n) is 7.39. The summed E-state index contributed by atoms with van der Waals surface area (Å²) in [6, 6.07) is 24.1. The van der Waals surface area contributed by atoms with Crippen LogP contribution in [0, 0.1) is 0 Å². The van der Waals surface area contributed by atoms with Crippen molar-refractivity contribution in [3.8, 4) is 0 Å². The smallest absolute Gasteiger partial charge is 0.287 e. The molecule has 0 aliphatic carbocycles. The van der Waals surface area contributed by atoms with Crippen LogP contribution in [0.5, 0.6) is 0 Å². The van der Waals surface area contributed by atoms with Crippen LogP contribution < -0.4 is 15.6 Å². The highest BCUT2D eigenvalue weighted by molar-refractivity contribution is 9.10. The van der Waals surface area contributed by atoms with Crippen LogP contribution in [-0.2, 0) is 4.79 Å². The molecule has 3 rings (SSSR count). The molecule has 7 heteroatoms. The molecule has 174 valence electrons. The zero-order chi connectivity index (χ0) is 24.3. The highest BCUT2D eigenvalue weighted by Gasteiger charge is 2.14. The first kappa shape index (κ1) is 24.9. The molecule has 3 aromatic carbocycles. The Morgan fingerprint density at radius 1 is 0.882 bits per heavy atom. The van der Waals surface area contributed by atoms with Gasteiger partial charge < -0.3 is 10.2 Å².